The Morgan fingerprint density at radius 2 is 2.24 bits per heavy atom. The zero-order chi connectivity index (χ0) is 12.1. The third kappa shape index (κ3) is 3.11. The summed E-state index contributed by atoms with van der Waals surface area (Å²) in [5, 5.41) is 13.1. The lowest BCUT2D eigenvalue weighted by Gasteiger charge is -2.01. The van der Waals surface area contributed by atoms with Crippen LogP contribution in [0.2, 0.25) is 0 Å². The Hall–Kier alpha value is -1.26. The highest BCUT2D eigenvalue weighted by atomic mass is 32.2. The van der Waals surface area contributed by atoms with E-state index in [4.69, 9.17) is 5.11 Å². The molecule has 3 nitrogen and oxygen atoms in total. The molecule has 90 valence electrons. The monoisotopic (exact) mass is 248 g/mol. The Morgan fingerprint density at radius 3 is 3.00 bits per heavy atom. The second kappa shape index (κ2) is 5.89. The van der Waals surface area contributed by atoms with Gasteiger partial charge in [0, 0.05) is 16.7 Å². The van der Waals surface area contributed by atoms with Crippen molar-refractivity contribution in [3.05, 3.63) is 36.7 Å². The van der Waals surface area contributed by atoms with E-state index in [1.54, 1.807) is 4.68 Å². The fraction of sp³-hybridized carbons (Fsp3) is 0.308. The van der Waals surface area contributed by atoms with Crippen LogP contribution < -0.4 is 0 Å². The lowest BCUT2D eigenvalue weighted by molar-refractivity contribution is 0.269. The Kier molecular flexibility index (Phi) is 4.23. The number of aliphatic hydroxyl groups excluding tert-OH is 1. The molecule has 0 unspecified atom stereocenters. The standard InChI is InChI=1S/C13H16N2OS/c1-2-17-13-5-3-4-11(8-13)12-9-14-15(10-12)6-7-16/h3-5,8-10,16H,2,6-7H2,1H3. The number of thioether (sulfide) groups is 1. The topological polar surface area (TPSA) is 38.0 Å². The molecule has 0 amide bonds. The molecule has 0 spiro atoms. The average molecular weight is 248 g/mol. The first-order chi connectivity index (χ1) is 8.33. The smallest absolute Gasteiger partial charge is 0.0641 e. The van der Waals surface area contributed by atoms with Crippen molar-refractivity contribution < 1.29 is 5.11 Å². The highest BCUT2D eigenvalue weighted by molar-refractivity contribution is 7.99. The van der Waals surface area contributed by atoms with Crippen molar-refractivity contribution in [2.24, 2.45) is 0 Å². The molecule has 0 aliphatic heterocycles. The van der Waals surface area contributed by atoms with Gasteiger partial charge in [-0.25, -0.2) is 0 Å². The maximum atomic E-state index is 8.85. The van der Waals surface area contributed by atoms with Gasteiger partial charge in [0.15, 0.2) is 0 Å². The fourth-order valence-electron chi connectivity index (χ4n) is 1.67. The summed E-state index contributed by atoms with van der Waals surface area (Å²) in [6.45, 7) is 2.81. The van der Waals surface area contributed by atoms with Gasteiger partial charge in [0.1, 0.15) is 0 Å². The lowest BCUT2D eigenvalue weighted by atomic mass is 10.1. The molecule has 1 aromatic carbocycles. The van der Waals surface area contributed by atoms with Crippen molar-refractivity contribution >= 4 is 11.8 Å². The largest absolute Gasteiger partial charge is 0.394 e. The predicted octanol–water partition coefficient (Wildman–Crippen LogP) is 2.65. The maximum Gasteiger partial charge on any atom is 0.0641 e. The predicted molar refractivity (Wildman–Crippen MR) is 71.1 cm³/mol. The SMILES string of the molecule is CCSc1cccc(-c2cnn(CCO)c2)c1. The van der Waals surface area contributed by atoms with Crippen LogP contribution in [0, 0.1) is 0 Å². The summed E-state index contributed by atoms with van der Waals surface area (Å²) in [5.41, 5.74) is 2.27. The van der Waals surface area contributed by atoms with Gasteiger partial charge >= 0.3 is 0 Å². The molecule has 0 bridgehead atoms. The fourth-order valence-corrected chi connectivity index (χ4v) is 2.39. The van der Waals surface area contributed by atoms with Gasteiger partial charge in [-0.3, -0.25) is 4.68 Å². The van der Waals surface area contributed by atoms with E-state index in [-0.39, 0.29) is 6.61 Å². The molecular formula is C13H16N2OS. The Bertz CT molecular complexity index is 482. The van der Waals surface area contributed by atoms with Crippen LogP contribution in [0.4, 0.5) is 0 Å². The first-order valence-electron chi connectivity index (χ1n) is 5.70. The van der Waals surface area contributed by atoms with Crippen LogP contribution in [-0.4, -0.2) is 27.2 Å². The highest BCUT2D eigenvalue weighted by Gasteiger charge is 2.02. The van der Waals surface area contributed by atoms with Gasteiger partial charge in [0.2, 0.25) is 0 Å². The molecule has 1 N–H and O–H groups in total. The van der Waals surface area contributed by atoms with Crippen molar-refractivity contribution in [3.8, 4) is 11.1 Å². The van der Waals surface area contributed by atoms with Crippen molar-refractivity contribution in [2.45, 2.75) is 18.4 Å². The van der Waals surface area contributed by atoms with Crippen LogP contribution in [0.1, 0.15) is 6.92 Å². The first kappa shape index (κ1) is 12.2. The quantitative estimate of drug-likeness (QED) is 0.827. The van der Waals surface area contributed by atoms with Crippen molar-refractivity contribution in [3.63, 3.8) is 0 Å². The zero-order valence-electron chi connectivity index (χ0n) is 9.84. The number of aromatic nitrogens is 2. The van der Waals surface area contributed by atoms with E-state index in [0.717, 1.165) is 11.3 Å². The highest BCUT2D eigenvalue weighted by Crippen LogP contribution is 2.25. The average Bonchev–Trinajstić information content (AvgIpc) is 2.79. The minimum Gasteiger partial charge on any atom is -0.394 e. The maximum absolute atomic E-state index is 8.85. The van der Waals surface area contributed by atoms with E-state index < -0.39 is 0 Å². The van der Waals surface area contributed by atoms with Crippen LogP contribution in [0.3, 0.4) is 0 Å². The summed E-state index contributed by atoms with van der Waals surface area (Å²) >= 11 is 1.83. The molecule has 1 aromatic heterocycles. The summed E-state index contributed by atoms with van der Waals surface area (Å²) in [4.78, 5) is 1.28. The lowest BCUT2D eigenvalue weighted by Crippen LogP contribution is -2.01. The molecule has 2 rings (SSSR count). The normalized spacial score (nSPS) is 10.7. The Morgan fingerprint density at radius 1 is 1.35 bits per heavy atom. The van der Waals surface area contributed by atoms with Gasteiger partial charge in [-0.15, -0.1) is 11.8 Å². The molecule has 0 aliphatic carbocycles. The summed E-state index contributed by atoms with van der Waals surface area (Å²) in [7, 11) is 0. The number of nitrogens with zero attached hydrogens (tertiary/aromatic N) is 2. The van der Waals surface area contributed by atoms with Gasteiger partial charge in [-0.2, -0.15) is 5.10 Å². The van der Waals surface area contributed by atoms with Gasteiger partial charge in [0.25, 0.3) is 0 Å². The third-order valence-electron chi connectivity index (χ3n) is 2.44. The van der Waals surface area contributed by atoms with Crippen LogP contribution in [0.15, 0.2) is 41.6 Å². The van der Waals surface area contributed by atoms with E-state index >= 15 is 0 Å². The molecule has 2 aromatic rings. The molecule has 1 heterocycles. The van der Waals surface area contributed by atoms with E-state index in [0.29, 0.717) is 6.54 Å². The number of aliphatic hydroxyl groups is 1. The third-order valence-corrected chi connectivity index (χ3v) is 3.32. The van der Waals surface area contributed by atoms with Crippen LogP contribution >= 0.6 is 11.8 Å². The molecule has 4 heteroatoms. The van der Waals surface area contributed by atoms with Crippen LogP contribution in [-0.2, 0) is 6.54 Å². The van der Waals surface area contributed by atoms with Gasteiger partial charge in [0.05, 0.1) is 19.3 Å². The number of hydrogen-bond acceptors (Lipinski definition) is 3. The molecule has 0 atom stereocenters. The minimum atomic E-state index is 0.118. The minimum absolute atomic E-state index is 0.118. The molecule has 0 radical (unpaired) electrons. The van der Waals surface area contributed by atoms with Crippen LogP contribution in [0.25, 0.3) is 11.1 Å². The second-order valence-corrected chi connectivity index (χ2v) is 5.01. The van der Waals surface area contributed by atoms with Gasteiger partial charge in [-0.05, 0) is 23.4 Å². The number of hydrogen-bond donors (Lipinski definition) is 1. The second-order valence-electron chi connectivity index (χ2n) is 3.68. The zero-order valence-corrected chi connectivity index (χ0v) is 10.7. The Balaban J connectivity index is 2.22. The summed E-state index contributed by atoms with van der Waals surface area (Å²) < 4.78 is 1.76. The molecule has 0 saturated carbocycles. The van der Waals surface area contributed by atoms with E-state index in [1.807, 2.05) is 24.2 Å². The van der Waals surface area contributed by atoms with Crippen LogP contribution in [0.5, 0.6) is 0 Å². The Labute approximate surface area is 105 Å². The summed E-state index contributed by atoms with van der Waals surface area (Å²) in [6.07, 6.45) is 3.80. The van der Waals surface area contributed by atoms with Crippen molar-refractivity contribution in [1.82, 2.24) is 9.78 Å². The van der Waals surface area contributed by atoms with E-state index in [2.05, 4.69) is 36.3 Å². The molecule has 17 heavy (non-hydrogen) atoms. The van der Waals surface area contributed by atoms with E-state index in [1.165, 1.54) is 10.5 Å². The molecule has 0 fully saturated rings. The van der Waals surface area contributed by atoms with Gasteiger partial charge in [-0.1, -0.05) is 19.1 Å². The van der Waals surface area contributed by atoms with E-state index in [9.17, 15) is 0 Å². The molecule has 0 aliphatic rings. The van der Waals surface area contributed by atoms with Crippen molar-refractivity contribution in [1.29, 1.82) is 0 Å². The molecular weight excluding hydrogens is 232 g/mol. The summed E-state index contributed by atoms with van der Waals surface area (Å²) in [5.74, 6) is 1.08. The first-order valence-corrected chi connectivity index (χ1v) is 6.68. The van der Waals surface area contributed by atoms with Gasteiger partial charge < -0.3 is 5.11 Å². The number of rotatable bonds is 5. The molecule has 0 saturated heterocycles. The summed E-state index contributed by atoms with van der Waals surface area (Å²) in [6, 6.07) is 8.45. The van der Waals surface area contributed by atoms with Crippen molar-refractivity contribution in [2.75, 3.05) is 12.4 Å². The number of benzene rings is 1.